The van der Waals surface area contributed by atoms with E-state index in [-0.39, 0.29) is 5.78 Å². The zero-order chi connectivity index (χ0) is 16.1. The van der Waals surface area contributed by atoms with Crippen molar-refractivity contribution in [1.82, 2.24) is 0 Å². The maximum Gasteiger partial charge on any atom is 0.180 e. The summed E-state index contributed by atoms with van der Waals surface area (Å²) in [6, 6.07) is 19.5. The first-order valence-corrected chi connectivity index (χ1v) is 8.66. The molecule has 0 bridgehead atoms. The van der Waals surface area contributed by atoms with E-state index in [1.165, 1.54) is 0 Å². The van der Waals surface area contributed by atoms with E-state index in [4.69, 9.17) is 4.42 Å². The SMILES string of the molecule is O=C1c2ccccc2Nc2c(oc3ccccc23)C1c1cccs1. The molecule has 116 valence electrons. The van der Waals surface area contributed by atoms with Gasteiger partial charge in [-0.05, 0) is 35.7 Å². The minimum Gasteiger partial charge on any atom is -0.458 e. The number of fused-ring (bicyclic) bond motifs is 4. The third-order valence-electron chi connectivity index (χ3n) is 4.43. The summed E-state index contributed by atoms with van der Waals surface area (Å²) in [5.74, 6) is 0.349. The molecule has 0 aliphatic carbocycles. The molecule has 4 heteroatoms. The van der Waals surface area contributed by atoms with Gasteiger partial charge in [0.25, 0.3) is 0 Å². The minimum atomic E-state index is -0.413. The molecule has 0 spiro atoms. The molecular weight excluding hydrogens is 318 g/mol. The van der Waals surface area contributed by atoms with Gasteiger partial charge >= 0.3 is 0 Å². The van der Waals surface area contributed by atoms with Crippen molar-refractivity contribution in [1.29, 1.82) is 0 Å². The predicted octanol–water partition coefficient (Wildman–Crippen LogP) is 5.57. The Kier molecular flexibility index (Phi) is 2.87. The summed E-state index contributed by atoms with van der Waals surface area (Å²) < 4.78 is 6.13. The number of Topliss-reactive ketones (excluding diaryl/α,β-unsaturated/α-hetero) is 1. The monoisotopic (exact) mass is 331 g/mol. The summed E-state index contributed by atoms with van der Waals surface area (Å²) in [5, 5.41) is 6.43. The first-order valence-electron chi connectivity index (χ1n) is 7.78. The van der Waals surface area contributed by atoms with Crippen molar-refractivity contribution in [2.75, 3.05) is 5.32 Å². The van der Waals surface area contributed by atoms with Crippen LogP contribution in [0.5, 0.6) is 0 Å². The molecular formula is C20H13NO2S. The Morgan fingerprint density at radius 2 is 1.79 bits per heavy atom. The fraction of sp³-hybridized carbons (Fsp3) is 0.0500. The van der Waals surface area contributed by atoms with Crippen LogP contribution in [0.25, 0.3) is 11.0 Å². The number of carbonyl (C=O) groups is 1. The second-order valence-electron chi connectivity index (χ2n) is 5.82. The lowest BCUT2D eigenvalue weighted by atomic mass is 9.93. The van der Waals surface area contributed by atoms with Crippen molar-refractivity contribution in [2.24, 2.45) is 0 Å². The molecule has 2 aromatic carbocycles. The van der Waals surface area contributed by atoms with Gasteiger partial charge in [-0.25, -0.2) is 0 Å². The molecule has 0 fully saturated rings. The van der Waals surface area contributed by atoms with Crippen LogP contribution in [0, 0.1) is 0 Å². The zero-order valence-electron chi connectivity index (χ0n) is 12.7. The molecule has 4 aromatic rings. The van der Waals surface area contributed by atoms with Gasteiger partial charge in [0.1, 0.15) is 17.3 Å². The van der Waals surface area contributed by atoms with Crippen molar-refractivity contribution in [3.63, 3.8) is 0 Å². The molecule has 0 saturated carbocycles. The molecule has 1 aliphatic heterocycles. The molecule has 1 N–H and O–H groups in total. The highest BCUT2D eigenvalue weighted by molar-refractivity contribution is 7.10. The summed E-state index contributed by atoms with van der Waals surface area (Å²) >= 11 is 1.58. The Bertz CT molecular complexity index is 1060. The number of hydrogen-bond acceptors (Lipinski definition) is 4. The second kappa shape index (κ2) is 5.08. The topological polar surface area (TPSA) is 42.2 Å². The van der Waals surface area contributed by atoms with Gasteiger partial charge in [-0.3, -0.25) is 4.79 Å². The van der Waals surface area contributed by atoms with Crippen LogP contribution in [0.2, 0.25) is 0 Å². The van der Waals surface area contributed by atoms with Crippen LogP contribution in [0.15, 0.2) is 70.5 Å². The van der Waals surface area contributed by atoms with Crippen LogP contribution in [0.3, 0.4) is 0 Å². The van der Waals surface area contributed by atoms with E-state index in [0.717, 1.165) is 27.2 Å². The number of benzene rings is 2. The van der Waals surface area contributed by atoms with Crippen LogP contribution in [-0.4, -0.2) is 5.78 Å². The molecule has 3 heterocycles. The molecule has 24 heavy (non-hydrogen) atoms. The Labute approximate surface area is 142 Å². The Balaban J connectivity index is 1.86. The molecule has 0 saturated heterocycles. The van der Waals surface area contributed by atoms with E-state index < -0.39 is 5.92 Å². The fourth-order valence-electron chi connectivity index (χ4n) is 3.33. The predicted molar refractivity (Wildman–Crippen MR) is 96.4 cm³/mol. The lowest BCUT2D eigenvalue weighted by Gasteiger charge is -2.10. The van der Waals surface area contributed by atoms with Crippen LogP contribution in [-0.2, 0) is 0 Å². The molecule has 3 nitrogen and oxygen atoms in total. The third-order valence-corrected chi connectivity index (χ3v) is 5.36. The Morgan fingerprint density at radius 1 is 0.958 bits per heavy atom. The molecule has 1 atom stereocenters. The highest BCUT2D eigenvalue weighted by Gasteiger charge is 2.35. The lowest BCUT2D eigenvalue weighted by molar-refractivity contribution is 0.0970. The highest BCUT2D eigenvalue weighted by atomic mass is 32.1. The summed E-state index contributed by atoms with van der Waals surface area (Å²) in [6.07, 6.45) is 0. The Hall–Kier alpha value is -2.85. The summed E-state index contributed by atoms with van der Waals surface area (Å²) in [5.41, 5.74) is 3.21. The molecule has 1 unspecified atom stereocenters. The van der Waals surface area contributed by atoms with E-state index in [1.807, 2.05) is 66.0 Å². The summed E-state index contributed by atoms with van der Waals surface area (Å²) in [6.45, 7) is 0. The largest absolute Gasteiger partial charge is 0.458 e. The quantitative estimate of drug-likeness (QED) is 0.496. The van der Waals surface area contributed by atoms with E-state index >= 15 is 0 Å². The second-order valence-corrected chi connectivity index (χ2v) is 6.80. The third kappa shape index (κ3) is 1.87. The number of rotatable bonds is 1. The molecule has 2 aromatic heterocycles. The Morgan fingerprint density at radius 3 is 2.67 bits per heavy atom. The van der Waals surface area contributed by atoms with Gasteiger partial charge in [-0.2, -0.15) is 0 Å². The number of nitrogens with one attached hydrogen (secondary N) is 1. The summed E-state index contributed by atoms with van der Waals surface area (Å²) in [7, 11) is 0. The van der Waals surface area contributed by atoms with Crippen LogP contribution in [0.1, 0.15) is 26.9 Å². The number of carbonyl (C=O) groups excluding carboxylic acids is 1. The normalized spacial score (nSPS) is 16.3. The van der Waals surface area contributed by atoms with Gasteiger partial charge in [-0.15, -0.1) is 11.3 Å². The average molecular weight is 331 g/mol. The van der Waals surface area contributed by atoms with Crippen LogP contribution in [0.4, 0.5) is 11.4 Å². The fourth-order valence-corrected chi connectivity index (χ4v) is 4.15. The number of thiophene rings is 1. The van der Waals surface area contributed by atoms with E-state index in [2.05, 4.69) is 5.32 Å². The first kappa shape index (κ1) is 13.6. The van der Waals surface area contributed by atoms with Gasteiger partial charge in [0.2, 0.25) is 0 Å². The van der Waals surface area contributed by atoms with Crippen molar-refractivity contribution in [3.05, 3.63) is 82.2 Å². The van der Waals surface area contributed by atoms with Gasteiger partial charge < -0.3 is 9.73 Å². The van der Waals surface area contributed by atoms with Gasteiger partial charge in [-0.1, -0.05) is 30.3 Å². The van der Waals surface area contributed by atoms with E-state index in [0.29, 0.717) is 11.3 Å². The average Bonchev–Trinajstić information content (AvgIpc) is 3.23. The highest BCUT2D eigenvalue weighted by Crippen LogP contribution is 2.45. The molecule has 0 radical (unpaired) electrons. The number of furan rings is 1. The molecule has 5 rings (SSSR count). The van der Waals surface area contributed by atoms with Gasteiger partial charge in [0, 0.05) is 21.5 Å². The molecule has 1 aliphatic rings. The number of hydrogen-bond donors (Lipinski definition) is 1. The van der Waals surface area contributed by atoms with E-state index in [1.54, 1.807) is 11.3 Å². The van der Waals surface area contributed by atoms with Crippen molar-refractivity contribution in [3.8, 4) is 0 Å². The smallest absolute Gasteiger partial charge is 0.180 e. The number of para-hydroxylation sites is 2. The maximum absolute atomic E-state index is 13.3. The minimum absolute atomic E-state index is 0.0679. The van der Waals surface area contributed by atoms with Crippen LogP contribution >= 0.6 is 11.3 Å². The molecule has 0 amide bonds. The number of ketones is 1. The standard InChI is InChI=1S/C20H13NO2S/c22-19-12-6-1-3-8-14(12)21-18-13-7-2-4-9-15(13)23-20(18)17(19)16-10-5-11-24-16/h1-11,17,21H. The maximum atomic E-state index is 13.3. The zero-order valence-corrected chi connectivity index (χ0v) is 13.5. The number of anilines is 2. The van der Waals surface area contributed by atoms with E-state index in [9.17, 15) is 4.79 Å². The first-order chi connectivity index (χ1) is 11.8. The van der Waals surface area contributed by atoms with Gasteiger partial charge in [0.05, 0.1) is 5.69 Å². The van der Waals surface area contributed by atoms with Crippen molar-refractivity contribution < 1.29 is 9.21 Å². The van der Waals surface area contributed by atoms with Crippen molar-refractivity contribution >= 4 is 39.5 Å². The van der Waals surface area contributed by atoms with Crippen LogP contribution < -0.4 is 5.32 Å². The van der Waals surface area contributed by atoms with Gasteiger partial charge in [0.15, 0.2) is 5.78 Å². The van der Waals surface area contributed by atoms with Crippen molar-refractivity contribution in [2.45, 2.75) is 5.92 Å². The summed E-state index contributed by atoms with van der Waals surface area (Å²) in [4.78, 5) is 14.3. The lowest BCUT2D eigenvalue weighted by Crippen LogP contribution is -2.11.